The molecule has 10 nitrogen and oxygen atoms in total. The first-order valence-electron chi connectivity index (χ1n) is 9.54. The number of carbonyl (C=O) groups is 4. The molecule has 3 N–H and O–H groups in total. The lowest BCUT2D eigenvalue weighted by atomic mass is 10.1. The Balaban J connectivity index is 1.98. The molecule has 0 saturated heterocycles. The fraction of sp³-hybridized carbons (Fsp3) is 0.227. The van der Waals surface area contributed by atoms with Gasteiger partial charge >= 0.3 is 12.1 Å². The lowest BCUT2D eigenvalue weighted by Gasteiger charge is -2.19. The van der Waals surface area contributed by atoms with Crippen LogP contribution in [0.1, 0.15) is 30.6 Å². The van der Waals surface area contributed by atoms with Gasteiger partial charge in [-0.3, -0.25) is 14.9 Å². The zero-order chi connectivity index (χ0) is 24.8. The van der Waals surface area contributed by atoms with E-state index in [4.69, 9.17) is 4.74 Å². The molecule has 0 saturated carbocycles. The number of ether oxygens (including phenoxy) is 2. The minimum absolute atomic E-state index is 0.0988. The van der Waals surface area contributed by atoms with Crippen molar-refractivity contribution >= 4 is 40.9 Å². The highest BCUT2D eigenvalue weighted by Crippen LogP contribution is 2.24. The maximum absolute atomic E-state index is 12.4. The number of rotatable bonds is 7. The van der Waals surface area contributed by atoms with Crippen LogP contribution in [0.5, 0.6) is 0 Å². The van der Waals surface area contributed by atoms with Gasteiger partial charge in [0.25, 0.3) is 11.8 Å². The van der Waals surface area contributed by atoms with Crippen LogP contribution in [0.3, 0.4) is 0 Å². The van der Waals surface area contributed by atoms with E-state index in [1.165, 1.54) is 0 Å². The van der Waals surface area contributed by atoms with E-state index in [-0.39, 0.29) is 16.4 Å². The Bertz CT molecular complexity index is 1100. The lowest BCUT2D eigenvalue weighted by Crippen LogP contribution is -2.35. The Labute approximate surface area is 194 Å². The van der Waals surface area contributed by atoms with E-state index in [0.29, 0.717) is 16.9 Å². The summed E-state index contributed by atoms with van der Waals surface area (Å²) >= 11 is 1.07. The maximum Gasteiger partial charge on any atom is 0.412 e. The Hall–Kier alpha value is -3.99. The molecule has 1 aromatic carbocycles. The largest absolute Gasteiger partial charge is 0.464 e. The number of thiazole rings is 1. The van der Waals surface area contributed by atoms with Crippen molar-refractivity contribution in [2.24, 2.45) is 0 Å². The fourth-order valence-corrected chi connectivity index (χ4v) is 3.01. The predicted molar refractivity (Wildman–Crippen MR) is 123 cm³/mol. The molecule has 0 radical (unpaired) electrons. The van der Waals surface area contributed by atoms with Gasteiger partial charge in [0, 0.05) is 16.6 Å². The molecule has 0 aliphatic heterocycles. The van der Waals surface area contributed by atoms with Crippen LogP contribution >= 0.6 is 11.3 Å². The van der Waals surface area contributed by atoms with Crippen molar-refractivity contribution in [2.45, 2.75) is 26.4 Å². The molecular formula is C22H24N4O6S. The third-order valence-electron chi connectivity index (χ3n) is 3.76. The standard InChI is InChI=1S/C22H24N4O6S/c1-12(17(27)24-13(2)20(29)31-6)23-18(28)19-26-16(11-33-19)14-7-9-15(10-8-14)25-21(30)32-22(3,4)5/h7-11H,1-2H2,3-6H3,(H,23,28)(H,24,27)(H,25,30). The molecule has 0 unspecified atom stereocenters. The number of amides is 3. The molecule has 0 aliphatic carbocycles. The van der Waals surface area contributed by atoms with Crippen LogP contribution in [0, 0.1) is 0 Å². The first-order chi connectivity index (χ1) is 15.4. The average Bonchev–Trinajstić information content (AvgIpc) is 3.22. The summed E-state index contributed by atoms with van der Waals surface area (Å²) < 4.78 is 9.63. The number of esters is 1. The van der Waals surface area contributed by atoms with Gasteiger partial charge in [0.1, 0.15) is 11.3 Å². The second-order valence-electron chi connectivity index (χ2n) is 7.60. The minimum atomic E-state index is -0.820. The van der Waals surface area contributed by atoms with Gasteiger partial charge in [0.05, 0.1) is 18.5 Å². The topological polar surface area (TPSA) is 136 Å². The highest BCUT2D eigenvalue weighted by molar-refractivity contribution is 7.12. The van der Waals surface area contributed by atoms with E-state index in [0.717, 1.165) is 18.4 Å². The van der Waals surface area contributed by atoms with Gasteiger partial charge in [0.15, 0.2) is 5.01 Å². The zero-order valence-electron chi connectivity index (χ0n) is 18.6. The third-order valence-corrected chi connectivity index (χ3v) is 4.60. The van der Waals surface area contributed by atoms with Crippen LogP contribution in [0.4, 0.5) is 10.5 Å². The van der Waals surface area contributed by atoms with E-state index in [2.05, 4.69) is 38.8 Å². The number of anilines is 1. The highest BCUT2D eigenvalue weighted by Gasteiger charge is 2.19. The molecule has 33 heavy (non-hydrogen) atoms. The second kappa shape index (κ2) is 10.6. The molecule has 0 bridgehead atoms. The number of aromatic nitrogens is 1. The molecule has 0 aliphatic rings. The van der Waals surface area contributed by atoms with Crippen molar-refractivity contribution in [1.82, 2.24) is 15.6 Å². The normalized spacial score (nSPS) is 10.5. The molecule has 0 spiro atoms. The van der Waals surface area contributed by atoms with Crippen LogP contribution < -0.4 is 16.0 Å². The SMILES string of the molecule is C=C(NC(=O)c1nc(-c2ccc(NC(=O)OC(C)(C)C)cc2)cs1)C(=O)NC(=C)C(=O)OC. The summed E-state index contributed by atoms with van der Waals surface area (Å²) in [6.45, 7) is 12.1. The average molecular weight is 473 g/mol. The first-order valence-corrected chi connectivity index (χ1v) is 10.4. The number of carbonyl (C=O) groups excluding carboxylic acids is 4. The second-order valence-corrected chi connectivity index (χ2v) is 8.46. The number of nitrogens with zero attached hydrogens (tertiary/aromatic N) is 1. The van der Waals surface area contributed by atoms with Crippen molar-refractivity contribution in [3.8, 4) is 11.3 Å². The van der Waals surface area contributed by atoms with Gasteiger partial charge in [-0.25, -0.2) is 14.6 Å². The number of methoxy groups -OCH3 is 1. The van der Waals surface area contributed by atoms with Gasteiger partial charge in [-0.2, -0.15) is 0 Å². The molecule has 11 heteroatoms. The zero-order valence-corrected chi connectivity index (χ0v) is 19.4. The van der Waals surface area contributed by atoms with Gasteiger partial charge in [0.2, 0.25) is 0 Å². The van der Waals surface area contributed by atoms with Gasteiger partial charge in [-0.05, 0) is 32.9 Å². The van der Waals surface area contributed by atoms with Crippen LogP contribution in [0.2, 0.25) is 0 Å². The van der Waals surface area contributed by atoms with E-state index >= 15 is 0 Å². The highest BCUT2D eigenvalue weighted by atomic mass is 32.1. The van der Waals surface area contributed by atoms with Crippen molar-refractivity contribution in [3.05, 3.63) is 59.2 Å². The van der Waals surface area contributed by atoms with Crippen LogP contribution in [-0.4, -0.2) is 41.6 Å². The lowest BCUT2D eigenvalue weighted by molar-refractivity contribution is -0.137. The maximum atomic E-state index is 12.4. The summed E-state index contributed by atoms with van der Waals surface area (Å²) in [5.41, 5.74) is 0.590. The van der Waals surface area contributed by atoms with Gasteiger partial charge in [-0.1, -0.05) is 25.3 Å². The van der Waals surface area contributed by atoms with E-state index in [9.17, 15) is 19.2 Å². The third kappa shape index (κ3) is 7.58. The van der Waals surface area contributed by atoms with Crippen molar-refractivity contribution < 1.29 is 28.7 Å². The van der Waals surface area contributed by atoms with Crippen molar-refractivity contribution in [2.75, 3.05) is 12.4 Å². The Morgan fingerprint density at radius 1 is 1.00 bits per heavy atom. The van der Waals surface area contributed by atoms with Crippen molar-refractivity contribution in [1.29, 1.82) is 0 Å². The summed E-state index contributed by atoms with van der Waals surface area (Å²) in [4.78, 5) is 51.8. The summed E-state index contributed by atoms with van der Waals surface area (Å²) in [6.07, 6.45) is -0.567. The molecule has 2 aromatic rings. The summed E-state index contributed by atoms with van der Waals surface area (Å²) in [5, 5.41) is 8.90. The molecule has 1 aromatic heterocycles. The molecule has 3 amide bonds. The number of nitrogens with one attached hydrogen (secondary N) is 3. The molecule has 0 atom stereocenters. The van der Waals surface area contributed by atoms with Gasteiger partial charge < -0.3 is 20.1 Å². The van der Waals surface area contributed by atoms with Crippen LogP contribution in [0.25, 0.3) is 11.3 Å². The molecule has 174 valence electrons. The number of benzene rings is 1. The number of hydrogen-bond donors (Lipinski definition) is 3. The monoisotopic (exact) mass is 472 g/mol. The van der Waals surface area contributed by atoms with E-state index < -0.39 is 29.5 Å². The molecule has 2 rings (SSSR count). The van der Waals surface area contributed by atoms with Crippen molar-refractivity contribution in [3.63, 3.8) is 0 Å². The Morgan fingerprint density at radius 3 is 2.21 bits per heavy atom. The van der Waals surface area contributed by atoms with Gasteiger partial charge in [-0.15, -0.1) is 11.3 Å². The fourth-order valence-electron chi connectivity index (χ4n) is 2.29. The van der Waals surface area contributed by atoms with E-state index in [1.54, 1.807) is 50.4 Å². The summed E-state index contributed by atoms with van der Waals surface area (Å²) in [7, 11) is 1.14. The molecule has 1 heterocycles. The predicted octanol–water partition coefficient (Wildman–Crippen LogP) is 3.20. The smallest absolute Gasteiger partial charge is 0.412 e. The molecular weight excluding hydrogens is 448 g/mol. The quantitative estimate of drug-likeness (QED) is 0.416. The van der Waals surface area contributed by atoms with E-state index in [1.807, 2.05) is 0 Å². The van der Waals surface area contributed by atoms with Crippen LogP contribution in [-0.2, 0) is 19.1 Å². The summed E-state index contributed by atoms with van der Waals surface area (Å²) in [6, 6.07) is 6.82. The first kappa shape index (κ1) is 25.3. The van der Waals surface area contributed by atoms with Crippen LogP contribution in [0.15, 0.2) is 54.2 Å². The summed E-state index contributed by atoms with van der Waals surface area (Å²) in [5.74, 6) is -2.28. The Kier molecular flexibility index (Phi) is 8.08. The Morgan fingerprint density at radius 2 is 1.64 bits per heavy atom. The number of hydrogen-bond acceptors (Lipinski definition) is 8. The molecule has 0 fully saturated rings. The minimum Gasteiger partial charge on any atom is -0.464 e.